The zero-order valence-corrected chi connectivity index (χ0v) is 12.3. The van der Waals surface area contributed by atoms with Crippen LogP contribution in [-0.4, -0.2) is 28.2 Å². The number of rotatable bonds is 4. The third kappa shape index (κ3) is 2.68. The van der Waals surface area contributed by atoms with Gasteiger partial charge in [-0.1, -0.05) is 30.3 Å². The SMILES string of the molecule is CO[C@@H](C(=O)Nc1cnc2n[nH]c(C)c2c1)c1ccccc1. The number of anilines is 1. The Balaban J connectivity index is 1.83. The molecule has 0 saturated heterocycles. The molecule has 2 heterocycles. The first-order chi connectivity index (χ1) is 10.7. The van der Waals surface area contributed by atoms with Gasteiger partial charge in [-0.15, -0.1) is 0 Å². The third-order valence-electron chi connectivity index (χ3n) is 3.44. The molecule has 0 aliphatic heterocycles. The van der Waals surface area contributed by atoms with E-state index in [1.54, 1.807) is 6.20 Å². The predicted molar refractivity (Wildman–Crippen MR) is 83.4 cm³/mol. The number of aromatic nitrogens is 3. The van der Waals surface area contributed by atoms with Gasteiger partial charge in [-0.25, -0.2) is 4.98 Å². The quantitative estimate of drug-likeness (QED) is 0.775. The van der Waals surface area contributed by atoms with Gasteiger partial charge >= 0.3 is 0 Å². The Morgan fingerprint density at radius 2 is 2.09 bits per heavy atom. The van der Waals surface area contributed by atoms with Crippen molar-refractivity contribution in [3.05, 3.63) is 53.9 Å². The number of hydrogen-bond donors (Lipinski definition) is 2. The summed E-state index contributed by atoms with van der Waals surface area (Å²) in [6, 6.07) is 11.2. The normalized spacial score (nSPS) is 12.3. The molecule has 0 fully saturated rings. The fourth-order valence-electron chi connectivity index (χ4n) is 2.32. The van der Waals surface area contributed by atoms with Gasteiger partial charge in [0, 0.05) is 18.2 Å². The molecule has 0 saturated carbocycles. The van der Waals surface area contributed by atoms with Crippen LogP contribution in [0.15, 0.2) is 42.6 Å². The molecule has 1 aromatic carbocycles. The predicted octanol–water partition coefficient (Wildman–Crippen LogP) is 2.59. The average molecular weight is 296 g/mol. The van der Waals surface area contributed by atoms with Crippen LogP contribution in [0.25, 0.3) is 11.0 Å². The summed E-state index contributed by atoms with van der Waals surface area (Å²) in [5.41, 5.74) is 2.95. The highest BCUT2D eigenvalue weighted by molar-refractivity contribution is 5.96. The monoisotopic (exact) mass is 296 g/mol. The van der Waals surface area contributed by atoms with Crippen LogP contribution in [0.1, 0.15) is 17.4 Å². The summed E-state index contributed by atoms with van der Waals surface area (Å²) >= 11 is 0. The Morgan fingerprint density at radius 1 is 1.32 bits per heavy atom. The van der Waals surface area contributed by atoms with E-state index in [0.29, 0.717) is 11.3 Å². The lowest BCUT2D eigenvalue weighted by Gasteiger charge is -2.15. The third-order valence-corrected chi connectivity index (χ3v) is 3.44. The van der Waals surface area contributed by atoms with Crippen LogP contribution in [-0.2, 0) is 9.53 Å². The van der Waals surface area contributed by atoms with Crippen LogP contribution >= 0.6 is 0 Å². The van der Waals surface area contributed by atoms with Crippen LogP contribution < -0.4 is 5.32 Å². The number of carbonyl (C=O) groups excluding carboxylic acids is 1. The van der Waals surface area contributed by atoms with E-state index in [9.17, 15) is 4.79 Å². The van der Waals surface area contributed by atoms with Gasteiger partial charge in [0.25, 0.3) is 5.91 Å². The summed E-state index contributed by atoms with van der Waals surface area (Å²) in [4.78, 5) is 16.6. The van der Waals surface area contributed by atoms with Crippen molar-refractivity contribution in [1.29, 1.82) is 0 Å². The number of ether oxygens (including phenoxy) is 1. The Hall–Kier alpha value is -2.73. The van der Waals surface area contributed by atoms with Gasteiger partial charge in [0.2, 0.25) is 0 Å². The second-order valence-corrected chi connectivity index (χ2v) is 4.96. The molecular formula is C16H16N4O2. The van der Waals surface area contributed by atoms with Crippen molar-refractivity contribution >= 4 is 22.6 Å². The summed E-state index contributed by atoms with van der Waals surface area (Å²) in [7, 11) is 1.51. The maximum Gasteiger partial charge on any atom is 0.258 e. The molecule has 3 aromatic rings. The number of aromatic amines is 1. The van der Waals surface area contributed by atoms with Gasteiger partial charge in [0.1, 0.15) is 0 Å². The lowest BCUT2D eigenvalue weighted by atomic mass is 10.1. The highest BCUT2D eigenvalue weighted by Gasteiger charge is 2.20. The molecule has 0 aliphatic carbocycles. The zero-order chi connectivity index (χ0) is 15.5. The van der Waals surface area contributed by atoms with Crippen LogP contribution in [0.3, 0.4) is 0 Å². The average Bonchev–Trinajstić information content (AvgIpc) is 2.90. The van der Waals surface area contributed by atoms with E-state index < -0.39 is 6.10 Å². The second-order valence-electron chi connectivity index (χ2n) is 4.96. The summed E-state index contributed by atoms with van der Waals surface area (Å²) in [6.07, 6.45) is 0.917. The molecule has 2 N–H and O–H groups in total. The smallest absolute Gasteiger partial charge is 0.258 e. The Kier molecular flexibility index (Phi) is 3.84. The standard InChI is InChI=1S/C16H16N4O2/c1-10-13-8-12(9-17-15(13)20-19-10)18-16(21)14(22-2)11-6-4-3-5-7-11/h3-9,14H,1-2H3,(H,18,21)(H,17,19,20)/t14-/m1/s1. The second kappa shape index (κ2) is 5.95. The van der Waals surface area contributed by atoms with Crippen molar-refractivity contribution in [3.63, 3.8) is 0 Å². The van der Waals surface area contributed by atoms with Crippen LogP contribution in [0.4, 0.5) is 5.69 Å². The van der Waals surface area contributed by atoms with E-state index in [0.717, 1.165) is 16.6 Å². The van der Waals surface area contributed by atoms with Gasteiger partial charge in [-0.2, -0.15) is 5.10 Å². The molecule has 3 rings (SSSR count). The van der Waals surface area contributed by atoms with Crippen molar-refractivity contribution in [2.24, 2.45) is 0 Å². The summed E-state index contributed by atoms with van der Waals surface area (Å²) < 4.78 is 5.32. The molecule has 1 amide bonds. The maximum absolute atomic E-state index is 12.4. The fourth-order valence-corrected chi connectivity index (χ4v) is 2.32. The van der Waals surface area contributed by atoms with Gasteiger partial charge < -0.3 is 10.1 Å². The number of H-pyrrole nitrogens is 1. The minimum absolute atomic E-state index is 0.240. The molecule has 0 aliphatic rings. The molecule has 6 nitrogen and oxygen atoms in total. The number of fused-ring (bicyclic) bond motifs is 1. The van der Waals surface area contributed by atoms with E-state index in [1.165, 1.54) is 7.11 Å². The maximum atomic E-state index is 12.4. The van der Waals surface area contributed by atoms with Crippen molar-refractivity contribution in [3.8, 4) is 0 Å². The molecule has 0 bridgehead atoms. The largest absolute Gasteiger partial charge is 0.367 e. The number of nitrogens with one attached hydrogen (secondary N) is 2. The van der Waals surface area contributed by atoms with Crippen LogP contribution in [0.2, 0.25) is 0 Å². The number of methoxy groups -OCH3 is 1. The van der Waals surface area contributed by atoms with Gasteiger partial charge in [-0.3, -0.25) is 9.89 Å². The first kappa shape index (κ1) is 14.2. The molecular weight excluding hydrogens is 280 g/mol. The molecule has 0 unspecified atom stereocenters. The van der Waals surface area contributed by atoms with Crippen LogP contribution in [0.5, 0.6) is 0 Å². The van der Waals surface area contributed by atoms with Crippen molar-refractivity contribution in [1.82, 2.24) is 15.2 Å². The number of aryl methyl sites for hydroxylation is 1. The number of hydrogen-bond acceptors (Lipinski definition) is 4. The van der Waals surface area contributed by atoms with Gasteiger partial charge in [-0.05, 0) is 18.6 Å². The number of benzene rings is 1. The number of carbonyl (C=O) groups is 1. The lowest BCUT2D eigenvalue weighted by Crippen LogP contribution is -2.22. The highest BCUT2D eigenvalue weighted by atomic mass is 16.5. The number of pyridine rings is 1. The van der Waals surface area contributed by atoms with E-state index in [4.69, 9.17) is 4.74 Å². The first-order valence-corrected chi connectivity index (χ1v) is 6.88. The lowest BCUT2D eigenvalue weighted by molar-refractivity contribution is -0.126. The molecule has 0 radical (unpaired) electrons. The van der Waals surface area contributed by atoms with E-state index >= 15 is 0 Å². The van der Waals surface area contributed by atoms with Crippen molar-refractivity contribution in [2.45, 2.75) is 13.0 Å². The van der Waals surface area contributed by atoms with Crippen molar-refractivity contribution in [2.75, 3.05) is 12.4 Å². The number of amides is 1. The topological polar surface area (TPSA) is 79.9 Å². The summed E-state index contributed by atoms with van der Waals surface area (Å²) in [5.74, 6) is -0.240. The minimum Gasteiger partial charge on any atom is -0.367 e. The Bertz CT molecular complexity index is 798. The zero-order valence-electron chi connectivity index (χ0n) is 12.3. The molecule has 1 atom stereocenters. The minimum atomic E-state index is -0.664. The van der Waals surface area contributed by atoms with E-state index in [-0.39, 0.29) is 5.91 Å². The first-order valence-electron chi connectivity index (χ1n) is 6.88. The van der Waals surface area contributed by atoms with Crippen molar-refractivity contribution < 1.29 is 9.53 Å². The molecule has 6 heteroatoms. The molecule has 22 heavy (non-hydrogen) atoms. The number of nitrogens with zero attached hydrogens (tertiary/aromatic N) is 2. The highest BCUT2D eigenvalue weighted by Crippen LogP contribution is 2.21. The fraction of sp³-hybridized carbons (Fsp3) is 0.188. The molecule has 112 valence electrons. The van der Waals surface area contributed by atoms with Crippen LogP contribution in [0, 0.1) is 6.92 Å². The molecule has 0 spiro atoms. The molecule has 2 aromatic heterocycles. The van der Waals surface area contributed by atoms with Gasteiger partial charge in [0.05, 0.1) is 11.9 Å². The Labute approximate surface area is 127 Å². The van der Waals surface area contributed by atoms with E-state index in [1.807, 2.05) is 43.3 Å². The summed E-state index contributed by atoms with van der Waals surface area (Å²) in [6.45, 7) is 1.91. The van der Waals surface area contributed by atoms with Gasteiger partial charge in [0.15, 0.2) is 11.8 Å². The summed E-state index contributed by atoms with van der Waals surface area (Å²) in [5, 5.41) is 10.6. The Morgan fingerprint density at radius 3 is 2.82 bits per heavy atom. The van der Waals surface area contributed by atoms with E-state index in [2.05, 4.69) is 20.5 Å².